The maximum atomic E-state index is 12.9. The Hall–Kier alpha value is -2.37. The first-order valence-electron chi connectivity index (χ1n) is 5.51. The Bertz CT molecular complexity index is 731. The average molecular weight is 263 g/mol. The minimum atomic E-state index is -4.40. The minimum absolute atomic E-state index is 0.0555. The number of fused-ring (bicyclic) bond motifs is 1. The molecule has 0 aliphatic rings. The molecule has 3 aromatic rings. The minimum Gasteiger partial charge on any atom is -0.343 e. The van der Waals surface area contributed by atoms with Crippen molar-refractivity contribution < 1.29 is 13.2 Å². The smallest absolute Gasteiger partial charge is 0.343 e. The Morgan fingerprint density at radius 1 is 1.05 bits per heavy atom. The second-order valence-electron chi connectivity index (χ2n) is 4.03. The number of nitrogens with zero attached hydrogens (tertiary/aromatic N) is 2. The van der Waals surface area contributed by atoms with Crippen LogP contribution in [0.3, 0.4) is 0 Å². The number of rotatable bonds is 1. The fourth-order valence-electron chi connectivity index (χ4n) is 1.94. The van der Waals surface area contributed by atoms with Crippen LogP contribution in [0.1, 0.15) is 5.56 Å². The molecule has 19 heavy (non-hydrogen) atoms. The predicted molar refractivity (Wildman–Crippen MR) is 64.3 cm³/mol. The summed E-state index contributed by atoms with van der Waals surface area (Å²) in [5.74, 6) is 0. The summed E-state index contributed by atoms with van der Waals surface area (Å²) in [7, 11) is 0. The van der Waals surface area contributed by atoms with Gasteiger partial charge in [0.25, 0.3) is 0 Å². The zero-order valence-electron chi connectivity index (χ0n) is 9.57. The predicted octanol–water partition coefficient (Wildman–Crippen LogP) is 3.64. The Morgan fingerprint density at radius 3 is 2.63 bits per heavy atom. The lowest BCUT2D eigenvalue weighted by Crippen LogP contribution is -2.07. The van der Waals surface area contributed by atoms with E-state index in [1.165, 1.54) is 30.7 Å². The highest BCUT2D eigenvalue weighted by molar-refractivity contribution is 5.79. The molecule has 3 nitrogen and oxygen atoms in total. The van der Waals surface area contributed by atoms with Crippen molar-refractivity contribution >= 4 is 11.0 Å². The van der Waals surface area contributed by atoms with Gasteiger partial charge in [-0.2, -0.15) is 13.2 Å². The third-order valence-electron chi connectivity index (χ3n) is 2.81. The van der Waals surface area contributed by atoms with Gasteiger partial charge in [0.2, 0.25) is 0 Å². The number of benzene rings is 1. The van der Waals surface area contributed by atoms with E-state index >= 15 is 0 Å². The molecule has 0 aliphatic carbocycles. The van der Waals surface area contributed by atoms with Crippen molar-refractivity contribution in [3.05, 3.63) is 48.4 Å². The number of aromatic nitrogens is 3. The topological polar surface area (TPSA) is 41.6 Å². The van der Waals surface area contributed by atoms with Crippen LogP contribution in [0.25, 0.3) is 22.3 Å². The second kappa shape index (κ2) is 4.08. The first-order chi connectivity index (χ1) is 9.05. The van der Waals surface area contributed by atoms with Gasteiger partial charge >= 0.3 is 6.18 Å². The van der Waals surface area contributed by atoms with Crippen LogP contribution in [0.2, 0.25) is 0 Å². The Labute approximate surface area is 106 Å². The quantitative estimate of drug-likeness (QED) is 0.728. The summed E-state index contributed by atoms with van der Waals surface area (Å²) in [6, 6.07) is 6.91. The lowest BCUT2D eigenvalue weighted by Gasteiger charge is -2.11. The molecule has 0 amide bonds. The van der Waals surface area contributed by atoms with Gasteiger partial charge in [0.15, 0.2) is 0 Å². The molecule has 0 aliphatic heterocycles. The third-order valence-corrected chi connectivity index (χ3v) is 2.81. The molecule has 0 saturated heterocycles. The van der Waals surface area contributed by atoms with E-state index in [9.17, 15) is 13.2 Å². The molecule has 0 bridgehead atoms. The normalized spacial score (nSPS) is 11.9. The number of alkyl halides is 3. The molecular weight excluding hydrogens is 255 g/mol. The Kier molecular flexibility index (Phi) is 2.51. The van der Waals surface area contributed by atoms with Crippen molar-refractivity contribution in [3.8, 4) is 11.3 Å². The summed E-state index contributed by atoms with van der Waals surface area (Å²) in [5, 5.41) is 0. The van der Waals surface area contributed by atoms with Crippen LogP contribution >= 0.6 is 0 Å². The standard InChI is InChI=1S/C13H8F3N3/c14-13(15,16)9-4-2-1-3-8(9)10-5-11-12(6-17-10)19-7-18-11/h1-7H,(H,18,19). The zero-order chi connectivity index (χ0) is 13.5. The molecule has 0 atom stereocenters. The summed E-state index contributed by atoms with van der Waals surface area (Å²) in [6.07, 6.45) is -1.45. The van der Waals surface area contributed by atoms with Gasteiger partial charge in [-0.15, -0.1) is 0 Å². The number of pyridine rings is 1. The van der Waals surface area contributed by atoms with Crippen LogP contribution in [-0.4, -0.2) is 15.0 Å². The van der Waals surface area contributed by atoms with Crippen molar-refractivity contribution in [2.45, 2.75) is 6.18 Å². The van der Waals surface area contributed by atoms with Crippen molar-refractivity contribution in [1.29, 1.82) is 0 Å². The molecule has 1 N–H and O–H groups in total. The lowest BCUT2D eigenvalue weighted by atomic mass is 10.0. The number of nitrogens with one attached hydrogen (secondary N) is 1. The third kappa shape index (κ3) is 2.05. The van der Waals surface area contributed by atoms with Gasteiger partial charge in [0, 0.05) is 5.56 Å². The fourth-order valence-corrected chi connectivity index (χ4v) is 1.94. The van der Waals surface area contributed by atoms with Crippen molar-refractivity contribution in [2.75, 3.05) is 0 Å². The lowest BCUT2D eigenvalue weighted by molar-refractivity contribution is -0.137. The summed E-state index contributed by atoms with van der Waals surface area (Å²) in [6.45, 7) is 0. The van der Waals surface area contributed by atoms with Gasteiger partial charge in [-0.25, -0.2) is 4.98 Å². The second-order valence-corrected chi connectivity index (χ2v) is 4.03. The van der Waals surface area contributed by atoms with E-state index in [-0.39, 0.29) is 11.3 Å². The molecule has 0 saturated carbocycles. The van der Waals surface area contributed by atoms with Crippen molar-refractivity contribution in [1.82, 2.24) is 15.0 Å². The maximum absolute atomic E-state index is 12.9. The molecule has 6 heteroatoms. The Balaban J connectivity index is 2.21. The molecule has 0 radical (unpaired) electrons. The number of aromatic amines is 1. The van der Waals surface area contributed by atoms with Crippen LogP contribution in [0.15, 0.2) is 42.9 Å². The van der Waals surface area contributed by atoms with Crippen molar-refractivity contribution in [3.63, 3.8) is 0 Å². The van der Waals surface area contributed by atoms with Crippen LogP contribution in [0, 0.1) is 0 Å². The number of hydrogen-bond donors (Lipinski definition) is 1. The number of H-pyrrole nitrogens is 1. The fraction of sp³-hybridized carbons (Fsp3) is 0.0769. The summed E-state index contributed by atoms with van der Waals surface area (Å²) in [5.41, 5.74) is 0.889. The molecule has 3 rings (SSSR count). The highest BCUT2D eigenvalue weighted by Crippen LogP contribution is 2.36. The van der Waals surface area contributed by atoms with Crippen LogP contribution in [-0.2, 0) is 6.18 Å². The molecule has 1 aromatic carbocycles. The highest BCUT2D eigenvalue weighted by atomic mass is 19.4. The van der Waals surface area contributed by atoms with Gasteiger partial charge < -0.3 is 4.98 Å². The van der Waals surface area contributed by atoms with E-state index in [1.807, 2.05) is 0 Å². The molecule has 96 valence electrons. The van der Waals surface area contributed by atoms with Gasteiger partial charge in [-0.1, -0.05) is 18.2 Å². The van der Waals surface area contributed by atoms with E-state index < -0.39 is 11.7 Å². The summed E-state index contributed by atoms with van der Waals surface area (Å²) in [4.78, 5) is 10.9. The van der Waals surface area contributed by atoms with E-state index in [2.05, 4.69) is 15.0 Å². The molecule has 0 spiro atoms. The first kappa shape index (κ1) is 11.7. The number of halogens is 3. The first-order valence-corrected chi connectivity index (χ1v) is 5.51. The average Bonchev–Trinajstić information content (AvgIpc) is 2.85. The van der Waals surface area contributed by atoms with Crippen LogP contribution in [0.4, 0.5) is 13.2 Å². The van der Waals surface area contributed by atoms with Crippen LogP contribution < -0.4 is 0 Å². The molecular formula is C13H8F3N3. The molecule has 2 aromatic heterocycles. The monoisotopic (exact) mass is 263 g/mol. The molecule has 2 heterocycles. The van der Waals surface area contributed by atoms with E-state index in [4.69, 9.17) is 0 Å². The van der Waals surface area contributed by atoms with Crippen LogP contribution in [0.5, 0.6) is 0 Å². The summed E-state index contributed by atoms with van der Waals surface area (Å²) < 4.78 is 38.8. The zero-order valence-corrected chi connectivity index (χ0v) is 9.57. The van der Waals surface area contributed by atoms with Crippen molar-refractivity contribution in [2.24, 2.45) is 0 Å². The van der Waals surface area contributed by atoms with Gasteiger partial charge in [-0.3, -0.25) is 4.98 Å². The Morgan fingerprint density at radius 2 is 1.84 bits per heavy atom. The molecule has 0 fully saturated rings. The van der Waals surface area contributed by atoms with Gasteiger partial charge in [0.1, 0.15) is 0 Å². The SMILES string of the molecule is FC(F)(F)c1ccccc1-c1cc2nc[nH]c2cn1. The molecule has 0 unspecified atom stereocenters. The summed E-state index contributed by atoms with van der Waals surface area (Å²) >= 11 is 0. The van der Waals surface area contributed by atoms with Gasteiger partial charge in [-0.05, 0) is 12.1 Å². The maximum Gasteiger partial charge on any atom is 0.417 e. The van der Waals surface area contributed by atoms with Gasteiger partial charge in [0.05, 0.1) is 34.8 Å². The number of hydrogen-bond acceptors (Lipinski definition) is 2. The number of imidazole rings is 1. The van der Waals surface area contributed by atoms with E-state index in [1.54, 1.807) is 6.07 Å². The van der Waals surface area contributed by atoms with E-state index in [0.29, 0.717) is 11.0 Å². The van der Waals surface area contributed by atoms with E-state index in [0.717, 1.165) is 6.07 Å². The highest BCUT2D eigenvalue weighted by Gasteiger charge is 2.33. The largest absolute Gasteiger partial charge is 0.417 e.